The Morgan fingerprint density at radius 2 is 1.31 bits per heavy atom. The lowest BCUT2D eigenvalue weighted by molar-refractivity contribution is -0.115. The van der Waals surface area contributed by atoms with Crippen molar-refractivity contribution in [3.8, 4) is 5.75 Å². The average molecular weight is 390 g/mol. The molecule has 6 nitrogen and oxygen atoms in total. The molecule has 0 spiro atoms. The van der Waals surface area contributed by atoms with Crippen LogP contribution in [0.25, 0.3) is 0 Å². The highest BCUT2D eigenvalue weighted by Crippen LogP contribution is 2.20. The van der Waals surface area contributed by atoms with Gasteiger partial charge in [-0.25, -0.2) is 4.79 Å². The third-order valence-electron chi connectivity index (χ3n) is 4.29. The molecule has 29 heavy (non-hydrogen) atoms. The average Bonchev–Trinajstić information content (AvgIpc) is 2.75. The van der Waals surface area contributed by atoms with Gasteiger partial charge in [-0.05, 0) is 66.2 Å². The summed E-state index contributed by atoms with van der Waals surface area (Å²) in [6.45, 7) is 0. The maximum atomic E-state index is 12.2. The molecule has 0 saturated heterocycles. The fraction of sp³-hybridized carbons (Fsp3) is 0.130. The van der Waals surface area contributed by atoms with Crippen LogP contribution in [0.15, 0.2) is 72.8 Å². The molecule has 0 atom stereocenters. The van der Waals surface area contributed by atoms with Crippen molar-refractivity contribution in [1.29, 1.82) is 0 Å². The van der Waals surface area contributed by atoms with Gasteiger partial charge < -0.3 is 20.1 Å². The van der Waals surface area contributed by atoms with E-state index in [4.69, 9.17) is 4.74 Å². The molecule has 0 aliphatic carbocycles. The molecule has 148 valence electrons. The minimum Gasteiger partial charge on any atom is -0.497 e. The lowest BCUT2D eigenvalue weighted by Crippen LogP contribution is -2.14. The highest BCUT2D eigenvalue weighted by atomic mass is 16.5. The fourth-order valence-electron chi connectivity index (χ4n) is 2.75. The number of methoxy groups -OCH3 is 2. The standard InChI is InChI=1S/C23H22N2O4/c1-28-21-13-3-16(4-14-21)15-22(26)25-20-11-9-19(10-12-20)24-18-7-5-17(6-8-18)23(27)29-2/h3-14,24H,15H2,1-2H3,(H,25,26). The van der Waals surface area contributed by atoms with Gasteiger partial charge >= 0.3 is 5.97 Å². The molecule has 0 aliphatic rings. The SMILES string of the molecule is COC(=O)c1ccc(Nc2ccc(NC(=O)Cc3ccc(OC)cc3)cc2)cc1. The number of rotatable bonds is 7. The number of hydrogen-bond acceptors (Lipinski definition) is 5. The molecule has 0 bridgehead atoms. The van der Waals surface area contributed by atoms with Crippen molar-refractivity contribution in [1.82, 2.24) is 0 Å². The number of carbonyl (C=O) groups is 2. The number of nitrogens with one attached hydrogen (secondary N) is 2. The number of ether oxygens (including phenoxy) is 2. The summed E-state index contributed by atoms with van der Waals surface area (Å²) in [4.78, 5) is 23.7. The largest absolute Gasteiger partial charge is 0.497 e. The van der Waals surface area contributed by atoms with Crippen molar-refractivity contribution in [2.75, 3.05) is 24.9 Å². The molecule has 0 radical (unpaired) electrons. The molecule has 0 heterocycles. The van der Waals surface area contributed by atoms with E-state index in [0.29, 0.717) is 5.56 Å². The van der Waals surface area contributed by atoms with E-state index in [1.165, 1.54) is 7.11 Å². The monoisotopic (exact) mass is 390 g/mol. The molecule has 6 heteroatoms. The molecule has 0 fully saturated rings. The van der Waals surface area contributed by atoms with Crippen LogP contribution in [0.1, 0.15) is 15.9 Å². The second-order valence-corrected chi connectivity index (χ2v) is 6.34. The van der Waals surface area contributed by atoms with E-state index < -0.39 is 0 Å². The maximum Gasteiger partial charge on any atom is 0.337 e. The molecule has 0 aromatic heterocycles. The van der Waals surface area contributed by atoms with E-state index in [0.717, 1.165) is 28.4 Å². The van der Waals surface area contributed by atoms with Crippen molar-refractivity contribution in [3.05, 3.63) is 83.9 Å². The number of hydrogen-bond donors (Lipinski definition) is 2. The first-order valence-electron chi connectivity index (χ1n) is 9.05. The molecule has 2 N–H and O–H groups in total. The van der Waals surface area contributed by atoms with Crippen LogP contribution in [0.5, 0.6) is 5.75 Å². The van der Waals surface area contributed by atoms with E-state index in [9.17, 15) is 9.59 Å². The first kappa shape index (κ1) is 19.9. The van der Waals surface area contributed by atoms with Gasteiger partial charge in [-0.1, -0.05) is 12.1 Å². The zero-order valence-electron chi connectivity index (χ0n) is 16.3. The van der Waals surface area contributed by atoms with Gasteiger partial charge in [0.05, 0.1) is 26.2 Å². The normalized spacial score (nSPS) is 10.1. The molecule has 3 aromatic rings. The molecule has 0 unspecified atom stereocenters. The van der Waals surface area contributed by atoms with Gasteiger partial charge in [-0.2, -0.15) is 0 Å². The van der Waals surface area contributed by atoms with E-state index in [2.05, 4.69) is 15.4 Å². The van der Waals surface area contributed by atoms with Gasteiger partial charge in [0.15, 0.2) is 0 Å². The van der Waals surface area contributed by atoms with Crippen molar-refractivity contribution in [2.45, 2.75) is 6.42 Å². The minimum atomic E-state index is -0.369. The predicted molar refractivity (Wildman–Crippen MR) is 113 cm³/mol. The van der Waals surface area contributed by atoms with E-state index in [-0.39, 0.29) is 18.3 Å². The molecular formula is C23H22N2O4. The Morgan fingerprint density at radius 1 is 0.759 bits per heavy atom. The van der Waals surface area contributed by atoms with E-state index in [1.807, 2.05) is 48.5 Å². The number of benzene rings is 3. The number of amides is 1. The lowest BCUT2D eigenvalue weighted by atomic mass is 10.1. The van der Waals surface area contributed by atoms with Crippen molar-refractivity contribution in [2.24, 2.45) is 0 Å². The number of carbonyl (C=O) groups excluding carboxylic acids is 2. The van der Waals surface area contributed by atoms with Gasteiger partial charge in [-0.3, -0.25) is 4.79 Å². The quantitative estimate of drug-likeness (QED) is 0.585. The maximum absolute atomic E-state index is 12.2. The Hall–Kier alpha value is -3.80. The van der Waals surface area contributed by atoms with Crippen LogP contribution in [0.3, 0.4) is 0 Å². The van der Waals surface area contributed by atoms with Gasteiger partial charge in [-0.15, -0.1) is 0 Å². The number of esters is 1. The van der Waals surface area contributed by atoms with Crippen molar-refractivity contribution < 1.29 is 19.1 Å². The van der Waals surface area contributed by atoms with E-state index >= 15 is 0 Å². The summed E-state index contributed by atoms with van der Waals surface area (Å²) in [6.07, 6.45) is 0.288. The van der Waals surface area contributed by atoms with Crippen molar-refractivity contribution in [3.63, 3.8) is 0 Å². The first-order chi connectivity index (χ1) is 14.1. The summed E-state index contributed by atoms with van der Waals surface area (Å²) in [5.74, 6) is 0.303. The Labute approximate surface area is 169 Å². The Bertz CT molecular complexity index is 965. The molecule has 0 saturated carbocycles. The zero-order valence-corrected chi connectivity index (χ0v) is 16.3. The number of anilines is 3. The summed E-state index contributed by atoms with van der Waals surface area (Å²) >= 11 is 0. The van der Waals surface area contributed by atoms with Gasteiger partial charge in [0, 0.05) is 17.1 Å². The molecule has 3 aromatic carbocycles. The van der Waals surface area contributed by atoms with Crippen LogP contribution in [0.4, 0.5) is 17.1 Å². The van der Waals surface area contributed by atoms with Gasteiger partial charge in [0.2, 0.25) is 5.91 Å². The lowest BCUT2D eigenvalue weighted by Gasteiger charge is -2.09. The Morgan fingerprint density at radius 3 is 1.86 bits per heavy atom. The van der Waals surface area contributed by atoms with Crippen LogP contribution in [-0.2, 0) is 16.0 Å². The van der Waals surface area contributed by atoms with Crippen LogP contribution < -0.4 is 15.4 Å². The second kappa shape index (κ2) is 9.41. The molecule has 0 aliphatic heterocycles. The first-order valence-corrected chi connectivity index (χ1v) is 9.05. The van der Waals surface area contributed by atoms with Crippen LogP contribution in [-0.4, -0.2) is 26.1 Å². The van der Waals surface area contributed by atoms with Crippen LogP contribution >= 0.6 is 0 Å². The topological polar surface area (TPSA) is 76.7 Å². The van der Waals surface area contributed by atoms with E-state index in [1.54, 1.807) is 31.4 Å². The molecule has 3 rings (SSSR count). The Kier molecular flexibility index (Phi) is 6.47. The van der Waals surface area contributed by atoms with Gasteiger partial charge in [0.25, 0.3) is 0 Å². The molecular weight excluding hydrogens is 368 g/mol. The van der Waals surface area contributed by atoms with Crippen molar-refractivity contribution >= 4 is 28.9 Å². The third kappa shape index (κ3) is 5.59. The summed E-state index contributed by atoms with van der Waals surface area (Å²) < 4.78 is 9.81. The summed E-state index contributed by atoms with van der Waals surface area (Å²) in [7, 11) is 2.96. The second-order valence-electron chi connectivity index (χ2n) is 6.34. The minimum absolute atomic E-state index is 0.0886. The smallest absolute Gasteiger partial charge is 0.337 e. The van der Waals surface area contributed by atoms with Gasteiger partial charge in [0.1, 0.15) is 5.75 Å². The third-order valence-corrected chi connectivity index (χ3v) is 4.29. The highest BCUT2D eigenvalue weighted by molar-refractivity contribution is 5.92. The summed E-state index contributed by atoms with van der Waals surface area (Å²) in [5.41, 5.74) is 3.83. The summed E-state index contributed by atoms with van der Waals surface area (Å²) in [6, 6.07) is 21.8. The molecule has 1 amide bonds. The predicted octanol–water partition coefficient (Wildman–Crippen LogP) is 4.41. The summed E-state index contributed by atoms with van der Waals surface area (Å²) in [5, 5.41) is 6.13. The highest BCUT2D eigenvalue weighted by Gasteiger charge is 2.06. The fourth-order valence-corrected chi connectivity index (χ4v) is 2.75. The van der Waals surface area contributed by atoms with Crippen LogP contribution in [0.2, 0.25) is 0 Å². The van der Waals surface area contributed by atoms with Crippen LogP contribution in [0, 0.1) is 0 Å². The zero-order chi connectivity index (χ0) is 20.6. The Balaban J connectivity index is 1.55.